The van der Waals surface area contributed by atoms with Crippen molar-refractivity contribution in [3.8, 4) is 5.75 Å². The molecule has 6 nitrogen and oxygen atoms in total. The molecule has 0 aliphatic carbocycles. The Bertz CT molecular complexity index is 505. The maximum absolute atomic E-state index is 12.1. The third-order valence-corrected chi connectivity index (χ3v) is 3.63. The molecular formula is C15H20N2O4. The Labute approximate surface area is 123 Å². The third kappa shape index (κ3) is 4.18. The van der Waals surface area contributed by atoms with Gasteiger partial charge in [-0.2, -0.15) is 0 Å². The number of benzene rings is 1. The maximum atomic E-state index is 12.1. The number of nitro benzene ring substituents is 1. The maximum Gasteiger partial charge on any atom is 0.269 e. The number of likely N-dealkylation sites (tertiary alicyclic amines) is 1. The van der Waals surface area contributed by atoms with Gasteiger partial charge in [-0.05, 0) is 30.4 Å². The molecule has 1 heterocycles. The van der Waals surface area contributed by atoms with Gasteiger partial charge in [0.05, 0.1) is 4.92 Å². The minimum Gasteiger partial charge on any atom is -0.484 e. The Morgan fingerprint density at radius 1 is 1.29 bits per heavy atom. The highest BCUT2D eigenvalue weighted by Gasteiger charge is 2.25. The zero-order valence-corrected chi connectivity index (χ0v) is 12.3. The van der Waals surface area contributed by atoms with Gasteiger partial charge in [-0.3, -0.25) is 14.9 Å². The molecule has 0 saturated carbocycles. The van der Waals surface area contributed by atoms with Crippen molar-refractivity contribution in [1.29, 1.82) is 0 Å². The van der Waals surface area contributed by atoms with Gasteiger partial charge in [0.25, 0.3) is 11.6 Å². The van der Waals surface area contributed by atoms with E-state index in [-0.39, 0.29) is 18.2 Å². The van der Waals surface area contributed by atoms with Gasteiger partial charge in [-0.1, -0.05) is 13.8 Å². The molecule has 1 aliphatic heterocycles. The summed E-state index contributed by atoms with van der Waals surface area (Å²) in [5.74, 6) is 1.45. The minimum atomic E-state index is -0.467. The Morgan fingerprint density at radius 2 is 1.86 bits per heavy atom. The molecule has 1 saturated heterocycles. The van der Waals surface area contributed by atoms with Gasteiger partial charge in [0.2, 0.25) is 0 Å². The number of non-ortho nitro benzene ring substituents is 1. The van der Waals surface area contributed by atoms with E-state index in [4.69, 9.17) is 4.74 Å². The molecule has 2 rings (SSSR count). The van der Waals surface area contributed by atoms with Gasteiger partial charge in [0.1, 0.15) is 5.75 Å². The number of carbonyl (C=O) groups excluding carboxylic acids is 1. The summed E-state index contributed by atoms with van der Waals surface area (Å²) < 4.78 is 5.41. The SMILES string of the molecule is CC1CC(C)CN(C(=O)COc2ccc([N+](=O)[O-])cc2)C1. The van der Waals surface area contributed by atoms with Gasteiger partial charge < -0.3 is 9.64 Å². The molecule has 21 heavy (non-hydrogen) atoms. The molecule has 1 aromatic carbocycles. The Hall–Kier alpha value is -2.11. The van der Waals surface area contributed by atoms with E-state index in [1.165, 1.54) is 24.3 Å². The van der Waals surface area contributed by atoms with E-state index in [0.29, 0.717) is 17.6 Å². The van der Waals surface area contributed by atoms with Crippen molar-refractivity contribution in [2.45, 2.75) is 20.3 Å². The van der Waals surface area contributed by atoms with E-state index in [9.17, 15) is 14.9 Å². The van der Waals surface area contributed by atoms with Crippen LogP contribution in [0.15, 0.2) is 24.3 Å². The average molecular weight is 292 g/mol. The molecule has 1 amide bonds. The summed E-state index contributed by atoms with van der Waals surface area (Å²) >= 11 is 0. The number of carbonyl (C=O) groups is 1. The van der Waals surface area contributed by atoms with E-state index in [0.717, 1.165) is 19.5 Å². The molecule has 0 N–H and O–H groups in total. The summed E-state index contributed by atoms with van der Waals surface area (Å²) in [5, 5.41) is 10.6. The Balaban J connectivity index is 1.87. The number of nitro groups is 1. The monoisotopic (exact) mass is 292 g/mol. The number of hydrogen-bond acceptors (Lipinski definition) is 4. The molecule has 0 bridgehead atoms. The predicted molar refractivity (Wildman–Crippen MR) is 78.1 cm³/mol. The van der Waals surface area contributed by atoms with Crippen molar-refractivity contribution in [3.05, 3.63) is 34.4 Å². The molecule has 1 aliphatic rings. The second kappa shape index (κ2) is 6.56. The first-order chi connectivity index (χ1) is 9.95. The molecule has 2 atom stereocenters. The first kappa shape index (κ1) is 15.3. The number of amides is 1. The van der Waals surface area contributed by atoms with Gasteiger partial charge in [0.15, 0.2) is 6.61 Å². The summed E-state index contributed by atoms with van der Waals surface area (Å²) in [6, 6.07) is 5.75. The average Bonchev–Trinajstić information content (AvgIpc) is 2.44. The molecule has 1 aromatic rings. The standard InChI is InChI=1S/C15H20N2O4/c1-11-7-12(2)9-16(8-11)15(18)10-21-14-5-3-13(4-6-14)17(19)20/h3-6,11-12H,7-10H2,1-2H3. The smallest absolute Gasteiger partial charge is 0.269 e. The second-order valence-electron chi connectivity index (χ2n) is 5.78. The van der Waals surface area contributed by atoms with Crippen LogP contribution in [-0.2, 0) is 4.79 Å². The zero-order valence-electron chi connectivity index (χ0n) is 12.3. The second-order valence-corrected chi connectivity index (χ2v) is 5.78. The fourth-order valence-corrected chi connectivity index (χ4v) is 2.77. The summed E-state index contributed by atoms with van der Waals surface area (Å²) in [5.41, 5.74) is 0.00681. The molecular weight excluding hydrogens is 272 g/mol. The van der Waals surface area contributed by atoms with Crippen LogP contribution in [0.5, 0.6) is 5.75 Å². The highest BCUT2D eigenvalue weighted by molar-refractivity contribution is 5.77. The van der Waals surface area contributed by atoms with Gasteiger partial charge in [0, 0.05) is 25.2 Å². The molecule has 0 spiro atoms. The van der Waals surface area contributed by atoms with Crippen LogP contribution >= 0.6 is 0 Å². The number of piperidine rings is 1. The van der Waals surface area contributed by atoms with Crippen molar-refractivity contribution in [2.75, 3.05) is 19.7 Å². The third-order valence-electron chi connectivity index (χ3n) is 3.63. The normalized spacial score (nSPS) is 21.9. The first-order valence-electron chi connectivity index (χ1n) is 7.10. The number of hydrogen-bond donors (Lipinski definition) is 0. The van der Waals surface area contributed by atoms with Crippen molar-refractivity contribution in [1.82, 2.24) is 4.90 Å². The highest BCUT2D eigenvalue weighted by atomic mass is 16.6. The van der Waals surface area contributed by atoms with Crippen LogP contribution in [0.25, 0.3) is 0 Å². The molecule has 1 fully saturated rings. The molecule has 2 unspecified atom stereocenters. The van der Waals surface area contributed by atoms with Crippen LogP contribution in [0.1, 0.15) is 20.3 Å². The zero-order chi connectivity index (χ0) is 15.4. The van der Waals surface area contributed by atoms with Crippen LogP contribution in [0.2, 0.25) is 0 Å². The van der Waals surface area contributed by atoms with Crippen LogP contribution in [-0.4, -0.2) is 35.4 Å². The lowest BCUT2D eigenvalue weighted by Gasteiger charge is -2.34. The van der Waals surface area contributed by atoms with Crippen LogP contribution < -0.4 is 4.74 Å². The lowest BCUT2D eigenvalue weighted by Crippen LogP contribution is -2.44. The lowest BCUT2D eigenvalue weighted by molar-refractivity contribution is -0.384. The summed E-state index contributed by atoms with van der Waals surface area (Å²) in [7, 11) is 0. The largest absolute Gasteiger partial charge is 0.484 e. The quantitative estimate of drug-likeness (QED) is 0.631. The van der Waals surface area contributed by atoms with E-state index in [1.54, 1.807) is 0 Å². The predicted octanol–water partition coefficient (Wildman–Crippen LogP) is 2.48. The van der Waals surface area contributed by atoms with E-state index >= 15 is 0 Å². The number of ether oxygens (including phenoxy) is 1. The summed E-state index contributed by atoms with van der Waals surface area (Å²) in [6.07, 6.45) is 1.15. The van der Waals surface area contributed by atoms with Crippen molar-refractivity contribution in [2.24, 2.45) is 11.8 Å². The molecule has 0 radical (unpaired) electrons. The topological polar surface area (TPSA) is 72.7 Å². The van der Waals surface area contributed by atoms with Gasteiger partial charge in [-0.25, -0.2) is 0 Å². The van der Waals surface area contributed by atoms with Crippen LogP contribution in [0.4, 0.5) is 5.69 Å². The minimum absolute atomic E-state index is 0.00681. The number of rotatable bonds is 4. The van der Waals surface area contributed by atoms with Crippen molar-refractivity contribution < 1.29 is 14.5 Å². The van der Waals surface area contributed by atoms with E-state index in [1.807, 2.05) is 4.90 Å². The van der Waals surface area contributed by atoms with Crippen molar-refractivity contribution in [3.63, 3.8) is 0 Å². The lowest BCUT2D eigenvalue weighted by atomic mass is 9.92. The molecule has 114 valence electrons. The van der Waals surface area contributed by atoms with Crippen LogP contribution in [0, 0.1) is 22.0 Å². The fourth-order valence-electron chi connectivity index (χ4n) is 2.77. The fraction of sp³-hybridized carbons (Fsp3) is 0.533. The highest BCUT2D eigenvalue weighted by Crippen LogP contribution is 2.21. The number of nitrogens with zero attached hydrogens (tertiary/aromatic N) is 2. The Kier molecular flexibility index (Phi) is 4.77. The Morgan fingerprint density at radius 3 is 2.38 bits per heavy atom. The van der Waals surface area contributed by atoms with Gasteiger partial charge >= 0.3 is 0 Å². The summed E-state index contributed by atoms with van der Waals surface area (Å²) in [6.45, 7) is 5.80. The molecule has 6 heteroatoms. The summed E-state index contributed by atoms with van der Waals surface area (Å²) in [4.78, 5) is 24.1. The van der Waals surface area contributed by atoms with Crippen molar-refractivity contribution >= 4 is 11.6 Å². The van der Waals surface area contributed by atoms with E-state index in [2.05, 4.69) is 13.8 Å². The van der Waals surface area contributed by atoms with E-state index < -0.39 is 4.92 Å². The molecule has 0 aromatic heterocycles. The van der Waals surface area contributed by atoms with Crippen LogP contribution in [0.3, 0.4) is 0 Å². The first-order valence-corrected chi connectivity index (χ1v) is 7.10. The van der Waals surface area contributed by atoms with Gasteiger partial charge in [-0.15, -0.1) is 0 Å².